The van der Waals surface area contributed by atoms with Gasteiger partial charge in [-0.3, -0.25) is 24.6 Å². The van der Waals surface area contributed by atoms with Gasteiger partial charge in [0, 0.05) is 42.3 Å². The molecule has 0 aliphatic carbocycles. The van der Waals surface area contributed by atoms with E-state index in [0.717, 1.165) is 54.6 Å². The number of carbonyl (C=O) groups is 2. The van der Waals surface area contributed by atoms with Crippen LogP contribution < -0.4 is 10.3 Å². The zero-order valence-corrected chi connectivity index (χ0v) is 22.6. The van der Waals surface area contributed by atoms with E-state index in [1.165, 1.54) is 11.8 Å². The molecular formula is C29H31N5O3S. The van der Waals surface area contributed by atoms with Crippen molar-refractivity contribution in [3.05, 3.63) is 88.1 Å². The van der Waals surface area contributed by atoms with Crippen molar-refractivity contribution in [3.63, 3.8) is 0 Å². The second kappa shape index (κ2) is 11.3. The van der Waals surface area contributed by atoms with Crippen LogP contribution in [-0.2, 0) is 9.53 Å². The van der Waals surface area contributed by atoms with Crippen molar-refractivity contribution in [1.82, 2.24) is 9.58 Å². The lowest BCUT2D eigenvalue weighted by Crippen LogP contribution is -2.36. The Morgan fingerprint density at radius 3 is 2.47 bits per heavy atom. The van der Waals surface area contributed by atoms with Gasteiger partial charge >= 0.3 is 0 Å². The largest absolute Gasteiger partial charge is 0.378 e. The third kappa shape index (κ3) is 5.39. The quantitative estimate of drug-likeness (QED) is 0.457. The van der Waals surface area contributed by atoms with E-state index in [-0.39, 0.29) is 11.8 Å². The number of amidine groups is 1. The number of anilines is 1. The Balaban J connectivity index is 1.35. The number of nitrogens with one attached hydrogen (secondary N) is 1. The standard InChI is InChI=1S/C29H31N5O3S/c1-4-33-28(36)26(38-29(33)30-24-10-12-25(13-11-24)32-14-16-37-17-15-32)19-23-18-20(2)34(21(23)3)31-27(35)22-8-6-5-7-9-22/h5-13,18-19H,4,14-17H2,1-3H3,(H,31,35)/b26-19-,30-29?. The van der Waals surface area contributed by atoms with Gasteiger partial charge in [0.25, 0.3) is 11.8 Å². The minimum absolute atomic E-state index is 0.0701. The van der Waals surface area contributed by atoms with Crippen molar-refractivity contribution in [2.45, 2.75) is 20.8 Å². The summed E-state index contributed by atoms with van der Waals surface area (Å²) in [5.41, 5.74) is 8.08. The van der Waals surface area contributed by atoms with Crippen LogP contribution in [0.15, 0.2) is 70.6 Å². The van der Waals surface area contributed by atoms with E-state index >= 15 is 0 Å². The van der Waals surface area contributed by atoms with Crippen molar-refractivity contribution >= 4 is 46.2 Å². The second-order valence-corrected chi connectivity index (χ2v) is 10.1. The summed E-state index contributed by atoms with van der Waals surface area (Å²) in [5.74, 6) is -0.261. The molecule has 9 heteroatoms. The molecule has 0 spiro atoms. The van der Waals surface area contributed by atoms with Crippen LogP contribution in [0.3, 0.4) is 0 Å². The van der Waals surface area contributed by atoms with Gasteiger partial charge in [-0.1, -0.05) is 18.2 Å². The first-order valence-electron chi connectivity index (χ1n) is 12.7. The molecule has 3 aromatic rings. The lowest BCUT2D eigenvalue weighted by atomic mass is 10.2. The Hall–Kier alpha value is -3.82. The van der Waals surface area contributed by atoms with Crippen molar-refractivity contribution in [3.8, 4) is 0 Å². The maximum absolute atomic E-state index is 13.2. The Bertz CT molecular complexity index is 1390. The highest BCUT2D eigenvalue weighted by Gasteiger charge is 2.32. The lowest BCUT2D eigenvalue weighted by Gasteiger charge is -2.28. The molecular weight excluding hydrogens is 498 g/mol. The van der Waals surface area contributed by atoms with E-state index in [9.17, 15) is 9.59 Å². The normalized spacial score (nSPS) is 18.0. The maximum Gasteiger partial charge on any atom is 0.270 e. The summed E-state index contributed by atoms with van der Waals surface area (Å²) in [6.45, 7) is 9.58. The summed E-state index contributed by atoms with van der Waals surface area (Å²) >= 11 is 1.37. The molecule has 2 fully saturated rings. The smallest absolute Gasteiger partial charge is 0.270 e. The van der Waals surface area contributed by atoms with Crippen LogP contribution in [0.4, 0.5) is 11.4 Å². The number of amides is 2. The molecule has 2 aliphatic heterocycles. The zero-order valence-electron chi connectivity index (χ0n) is 21.8. The minimum Gasteiger partial charge on any atom is -0.378 e. The first-order valence-corrected chi connectivity index (χ1v) is 13.5. The predicted molar refractivity (Wildman–Crippen MR) is 154 cm³/mol. The number of benzene rings is 2. The third-order valence-corrected chi connectivity index (χ3v) is 7.67. The molecule has 0 bridgehead atoms. The molecule has 38 heavy (non-hydrogen) atoms. The van der Waals surface area contributed by atoms with E-state index in [2.05, 4.69) is 22.5 Å². The van der Waals surface area contributed by atoms with E-state index in [1.54, 1.807) is 21.7 Å². The van der Waals surface area contributed by atoms with Gasteiger partial charge in [-0.2, -0.15) is 0 Å². The summed E-state index contributed by atoms with van der Waals surface area (Å²) in [7, 11) is 0. The molecule has 196 valence electrons. The average Bonchev–Trinajstić information content (AvgIpc) is 3.39. The minimum atomic E-state index is -0.191. The number of aliphatic imine (C=N–C) groups is 1. The molecule has 2 amide bonds. The predicted octanol–water partition coefficient (Wildman–Crippen LogP) is 4.95. The van der Waals surface area contributed by atoms with E-state index in [1.807, 2.05) is 63.2 Å². The van der Waals surface area contributed by atoms with Gasteiger partial charge in [0.15, 0.2) is 5.17 Å². The van der Waals surface area contributed by atoms with E-state index in [0.29, 0.717) is 22.2 Å². The summed E-state index contributed by atoms with van der Waals surface area (Å²) < 4.78 is 7.20. The number of aryl methyl sites for hydroxylation is 1. The Morgan fingerprint density at radius 1 is 1.08 bits per heavy atom. The number of morpholine rings is 1. The Labute approximate surface area is 227 Å². The molecule has 1 aromatic heterocycles. The van der Waals surface area contributed by atoms with Gasteiger partial charge in [-0.05, 0) is 86.6 Å². The number of aromatic nitrogens is 1. The number of nitrogens with zero attached hydrogens (tertiary/aromatic N) is 4. The number of likely N-dealkylation sites (N-methyl/N-ethyl adjacent to an activating group) is 1. The first-order chi connectivity index (χ1) is 18.4. The molecule has 0 unspecified atom stereocenters. The lowest BCUT2D eigenvalue weighted by molar-refractivity contribution is -0.122. The van der Waals surface area contributed by atoms with Gasteiger partial charge < -0.3 is 9.64 Å². The number of rotatable bonds is 6. The number of hydrogen-bond acceptors (Lipinski definition) is 6. The highest BCUT2D eigenvalue weighted by atomic mass is 32.2. The summed E-state index contributed by atoms with van der Waals surface area (Å²) in [5, 5.41) is 0.661. The highest BCUT2D eigenvalue weighted by Crippen LogP contribution is 2.35. The first kappa shape index (κ1) is 25.8. The molecule has 2 aromatic carbocycles. The fraction of sp³-hybridized carbons (Fsp3) is 0.276. The Morgan fingerprint density at radius 2 is 1.79 bits per heavy atom. The van der Waals surface area contributed by atoms with Crippen LogP contribution in [0, 0.1) is 13.8 Å². The summed E-state index contributed by atoms with van der Waals surface area (Å²) in [6.07, 6.45) is 1.88. The maximum atomic E-state index is 13.2. The molecule has 0 atom stereocenters. The van der Waals surface area contributed by atoms with Crippen molar-refractivity contribution < 1.29 is 14.3 Å². The fourth-order valence-corrected chi connectivity index (χ4v) is 5.60. The summed E-state index contributed by atoms with van der Waals surface area (Å²) in [6, 6.07) is 19.2. The van der Waals surface area contributed by atoms with Crippen LogP contribution in [0.2, 0.25) is 0 Å². The molecule has 8 nitrogen and oxygen atoms in total. The number of carbonyl (C=O) groups excluding carboxylic acids is 2. The zero-order chi connectivity index (χ0) is 26.6. The van der Waals surface area contributed by atoms with Crippen molar-refractivity contribution in [2.24, 2.45) is 4.99 Å². The molecule has 0 radical (unpaired) electrons. The number of hydrogen-bond donors (Lipinski definition) is 1. The molecule has 5 rings (SSSR count). The average molecular weight is 530 g/mol. The second-order valence-electron chi connectivity index (χ2n) is 9.14. The van der Waals surface area contributed by atoms with Gasteiger partial charge in [0.1, 0.15) is 0 Å². The topological polar surface area (TPSA) is 79.2 Å². The Kier molecular flexibility index (Phi) is 7.67. The fourth-order valence-electron chi connectivity index (χ4n) is 4.54. The van der Waals surface area contributed by atoms with Crippen LogP contribution in [0.25, 0.3) is 6.08 Å². The van der Waals surface area contributed by atoms with Crippen molar-refractivity contribution in [1.29, 1.82) is 0 Å². The summed E-state index contributed by atoms with van der Waals surface area (Å²) in [4.78, 5) is 35.3. The molecule has 3 heterocycles. The van der Waals surface area contributed by atoms with Gasteiger partial charge in [-0.25, -0.2) is 4.99 Å². The monoisotopic (exact) mass is 529 g/mol. The molecule has 2 saturated heterocycles. The highest BCUT2D eigenvalue weighted by molar-refractivity contribution is 8.18. The van der Waals surface area contributed by atoms with Crippen LogP contribution in [0.1, 0.15) is 34.2 Å². The molecule has 1 N–H and O–H groups in total. The van der Waals surface area contributed by atoms with Gasteiger partial charge in [-0.15, -0.1) is 0 Å². The van der Waals surface area contributed by atoms with E-state index < -0.39 is 0 Å². The van der Waals surface area contributed by atoms with Crippen LogP contribution in [-0.4, -0.2) is 59.4 Å². The SMILES string of the molecule is CCN1C(=O)/C(=C/c2cc(C)n(NC(=O)c3ccccc3)c2C)SC1=Nc1ccc(N2CCOCC2)cc1. The molecule has 0 saturated carbocycles. The molecule has 2 aliphatic rings. The van der Waals surface area contributed by atoms with Gasteiger partial charge in [0.05, 0.1) is 23.8 Å². The van der Waals surface area contributed by atoms with Crippen LogP contribution in [0.5, 0.6) is 0 Å². The third-order valence-electron chi connectivity index (χ3n) is 6.66. The number of ether oxygens (including phenoxy) is 1. The number of thioether (sulfide) groups is 1. The van der Waals surface area contributed by atoms with Gasteiger partial charge in [0.2, 0.25) is 0 Å². The van der Waals surface area contributed by atoms with E-state index in [4.69, 9.17) is 9.73 Å². The van der Waals surface area contributed by atoms with Crippen LogP contribution >= 0.6 is 11.8 Å². The van der Waals surface area contributed by atoms with Crippen molar-refractivity contribution in [2.75, 3.05) is 43.2 Å².